The minimum Gasteiger partial charge on any atom is -0.337 e. The standard InChI is InChI=1S/C22H19ClN4O2S/c1-14-7-3-4-8-18(14)24-21-22(26-20-10-6-5-9-19(20)25-21)27-30(28,29)16-11-12-17(23)15(2)13-16/h3-13H,1-2H3,(H,24,25)(H,26,27). The van der Waals surface area contributed by atoms with Gasteiger partial charge in [-0.2, -0.15) is 0 Å². The number of nitrogens with one attached hydrogen (secondary N) is 2. The quantitative estimate of drug-likeness (QED) is 0.433. The third-order valence-corrected chi connectivity index (χ3v) is 6.40. The fourth-order valence-electron chi connectivity index (χ4n) is 2.97. The smallest absolute Gasteiger partial charge is 0.263 e. The Balaban J connectivity index is 1.80. The van der Waals surface area contributed by atoms with Crippen molar-refractivity contribution in [2.24, 2.45) is 0 Å². The van der Waals surface area contributed by atoms with Gasteiger partial charge in [-0.25, -0.2) is 18.4 Å². The molecule has 152 valence electrons. The molecule has 0 aliphatic heterocycles. The van der Waals surface area contributed by atoms with Crippen LogP contribution in [0.3, 0.4) is 0 Å². The van der Waals surface area contributed by atoms with E-state index in [9.17, 15) is 8.42 Å². The van der Waals surface area contributed by atoms with Crippen LogP contribution in [0.2, 0.25) is 5.02 Å². The number of aryl methyl sites for hydroxylation is 2. The molecule has 0 radical (unpaired) electrons. The summed E-state index contributed by atoms with van der Waals surface area (Å²) in [4.78, 5) is 9.21. The maximum atomic E-state index is 13.0. The van der Waals surface area contributed by atoms with Gasteiger partial charge in [-0.05, 0) is 61.4 Å². The molecule has 4 aromatic rings. The Hall–Kier alpha value is -3.16. The molecule has 0 atom stereocenters. The second kappa shape index (κ2) is 7.93. The molecule has 0 saturated heterocycles. The van der Waals surface area contributed by atoms with E-state index in [4.69, 9.17) is 11.6 Å². The molecule has 30 heavy (non-hydrogen) atoms. The summed E-state index contributed by atoms with van der Waals surface area (Å²) in [5.41, 5.74) is 3.71. The van der Waals surface area contributed by atoms with E-state index >= 15 is 0 Å². The molecule has 0 unspecified atom stereocenters. The largest absolute Gasteiger partial charge is 0.337 e. The molecule has 1 heterocycles. The van der Waals surface area contributed by atoms with Crippen molar-refractivity contribution in [3.05, 3.63) is 82.9 Å². The van der Waals surface area contributed by atoms with Gasteiger partial charge in [0, 0.05) is 10.7 Å². The number of hydrogen-bond acceptors (Lipinski definition) is 5. The average molecular weight is 439 g/mol. The molecule has 0 aliphatic carbocycles. The van der Waals surface area contributed by atoms with E-state index in [1.165, 1.54) is 12.1 Å². The predicted molar refractivity (Wildman–Crippen MR) is 121 cm³/mol. The average Bonchev–Trinajstić information content (AvgIpc) is 2.72. The third-order valence-electron chi connectivity index (χ3n) is 4.64. The number of aromatic nitrogens is 2. The number of anilines is 3. The van der Waals surface area contributed by atoms with Crippen LogP contribution in [0.5, 0.6) is 0 Å². The second-order valence-electron chi connectivity index (χ2n) is 6.87. The summed E-state index contributed by atoms with van der Waals surface area (Å²) >= 11 is 6.04. The zero-order chi connectivity index (χ0) is 21.3. The summed E-state index contributed by atoms with van der Waals surface area (Å²) in [6.07, 6.45) is 0. The molecule has 0 saturated carbocycles. The predicted octanol–water partition coefficient (Wildman–Crippen LogP) is 5.44. The second-order valence-corrected chi connectivity index (χ2v) is 8.96. The first-order valence-electron chi connectivity index (χ1n) is 9.22. The van der Waals surface area contributed by atoms with Crippen LogP contribution in [0, 0.1) is 13.8 Å². The summed E-state index contributed by atoms with van der Waals surface area (Å²) in [5.74, 6) is 0.432. The van der Waals surface area contributed by atoms with Crippen LogP contribution in [-0.2, 0) is 10.0 Å². The van der Waals surface area contributed by atoms with Gasteiger partial charge in [-0.3, -0.25) is 4.72 Å². The Morgan fingerprint density at radius 3 is 2.10 bits per heavy atom. The number of para-hydroxylation sites is 3. The van der Waals surface area contributed by atoms with E-state index in [-0.39, 0.29) is 10.7 Å². The van der Waals surface area contributed by atoms with Gasteiger partial charge in [0.15, 0.2) is 11.6 Å². The summed E-state index contributed by atoms with van der Waals surface area (Å²) in [7, 11) is -3.90. The van der Waals surface area contributed by atoms with Crippen LogP contribution < -0.4 is 10.0 Å². The number of hydrogen-bond donors (Lipinski definition) is 2. The van der Waals surface area contributed by atoms with Crippen molar-refractivity contribution in [3.8, 4) is 0 Å². The highest BCUT2D eigenvalue weighted by Crippen LogP contribution is 2.29. The molecule has 0 spiro atoms. The summed E-state index contributed by atoms with van der Waals surface area (Å²) in [6, 6.07) is 19.5. The van der Waals surface area contributed by atoms with Crippen molar-refractivity contribution in [1.82, 2.24) is 9.97 Å². The Labute approximate surface area is 180 Å². The topological polar surface area (TPSA) is 84.0 Å². The molecule has 0 aliphatic rings. The zero-order valence-corrected chi connectivity index (χ0v) is 17.9. The lowest BCUT2D eigenvalue weighted by atomic mass is 10.2. The van der Waals surface area contributed by atoms with Crippen molar-refractivity contribution in [1.29, 1.82) is 0 Å². The minimum absolute atomic E-state index is 0.0983. The third kappa shape index (κ3) is 4.08. The van der Waals surface area contributed by atoms with Gasteiger partial charge in [0.05, 0.1) is 15.9 Å². The highest BCUT2D eigenvalue weighted by atomic mass is 35.5. The maximum absolute atomic E-state index is 13.0. The first kappa shape index (κ1) is 20.1. The van der Waals surface area contributed by atoms with Crippen LogP contribution in [0.25, 0.3) is 11.0 Å². The number of nitrogens with zero attached hydrogens (tertiary/aromatic N) is 2. The molecule has 2 N–H and O–H groups in total. The van der Waals surface area contributed by atoms with Gasteiger partial charge in [-0.15, -0.1) is 0 Å². The highest BCUT2D eigenvalue weighted by molar-refractivity contribution is 7.92. The van der Waals surface area contributed by atoms with E-state index in [1.807, 2.05) is 49.4 Å². The summed E-state index contributed by atoms with van der Waals surface area (Å²) in [6.45, 7) is 3.71. The van der Waals surface area contributed by atoms with Gasteiger partial charge in [0.2, 0.25) is 0 Å². The maximum Gasteiger partial charge on any atom is 0.263 e. The Morgan fingerprint density at radius 1 is 0.800 bits per heavy atom. The van der Waals surface area contributed by atoms with Crippen molar-refractivity contribution < 1.29 is 8.42 Å². The molecule has 0 amide bonds. The molecular weight excluding hydrogens is 420 g/mol. The molecule has 4 rings (SSSR count). The lowest BCUT2D eigenvalue weighted by molar-refractivity contribution is 0.601. The number of benzene rings is 3. The van der Waals surface area contributed by atoms with E-state index in [1.54, 1.807) is 19.1 Å². The van der Waals surface area contributed by atoms with Crippen LogP contribution in [0.4, 0.5) is 17.3 Å². The number of rotatable bonds is 5. The van der Waals surface area contributed by atoms with Crippen LogP contribution in [0.15, 0.2) is 71.6 Å². The fraction of sp³-hybridized carbons (Fsp3) is 0.0909. The Morgan fingerprint density at radius 2 is 1.43 bits per heavy atom. The van der Waals surface area contributed by atoms with Gasteiger partial charge < -0.3 is 5.32 Å². The molecule has 0 bridgehead atoms. The number of halogens is 1. The molecule has 3 aromatic carbocycles. The van der Waals surface area contributed by atoms with Gasteiger partial charge in [0.1, 0.15) is 0 Å². The monoisotopic (exact) mass is 438 g/mol. The number of sulfonamides is 1. The minimum atomic E-state index is -3.90. The lowest BCUT2D eigenvalue weighted by Crippen LogP contribution is -2.16. The van der Waals surface area contributed by atoms with Crippen LogP contribution in [0.1, 0.15) is 11.1 Å². The zero-order valence-electron chi connectivity index (χ0n) is 16.3. The normalized spacial score (nSPS) is 11.4. The summed E-state index contributed by atoms with van der Waals surface area (Å²) < 4.78 is 28.6. The van der Waals surface area contributed by atoms with Crippen molar-refractivity contribution >= 4 is 50.0 Å². The molecular formula is C22H19ClN4O2S. The number of fused-ring (bicyclic) bond motifs is 1. The van der Waals surface area contributed by atoms with Gasteiger partial charge >= 0.3 is 0 Å². The Kier molecular flexibility index (Phi) is 5.32. The highest BCUT2D eigenvalue weighted by Gasteiger charge is 2.20. The van der Waals surface area contributed by atoms with E-state index < -0.39 is 10.0 Å². The van der Waals surface area contributed by atoms with Gasteiger partial charge in [-0.1, -0.05) is 41.9 Å². The van der Waals surface area contributed by atoms with E-state index in [0.717, 1.165) is 11.3 Å². The molecule has 0 fully saturated rings. The lowest BCUT2D eigenvalue weighted by Gasteiger charge is -2.15. The van der Waals surface area contributed by atoms with Crippen molar-refractivity contribution in [3.63, 3.8) is 0 Å². The SMILES string of the molecule is Cc1cc(S(=O)(=O)Nc2nc3ccccc3nc2Nc2ccccc2C)ccc1Cl. The first-order chi connectivity index (χ1) is 14.3. The van der Waals surface area contributed by atoms with Crippen LogP contribution in [-0.4, -0.2) is 18.4 Å². The first-order valence-corrected chi connectivity index (χ1v) is 11.1. The van der Waals surface area contributed by atoms with E-state index in [2.05, 4.69) is 20.0 Å². The van der Waals surface area contributed by atoms with Crippen molar-refractivity contribution in [2.75, 3.05) is 10.0 Å². The molecule has 8 heteroatoms. The van der Waals surface area contributed by atoms with E-state index in [0.29, 0.717) is 27.4 Å². The molecule has 6 nitrogen and oxygen atoms in total. The van der Waals surface area contributed by atoms with Crippen molar-refractivity contribution in [2.45, 2.75) is 18.7 Å². The fourth-order valence-corrected chi connectivity index (χ4v) is 4.18. The van der Waals surface area contributed by atoms with Gasteiger partial charge in [0.25, 0.3) is 10.0 Å². The summed E-state index contributed by atoms with van der Waals surface area (Å²) in [5, 5.41) is 3.71. The Bertz CT molecular complexity index is 1360. The van der Waals surface area contributed by atoms with Crippen LogP contribution >= 0.6 is 11.6 Å². The molecule has 1 aromatic heterocycles.